The van der Waals surface area contributed by atoms with Gasteiger partial charge in [0.25, 0.3) is 0 Å². The average Bonchev–Trinajstić information content (AvgIpc) is 3.47. The van der Waals surface area contributed by atoms with Crippen LogP contribution in [0.15, 0.2) is 60.8 Å². The fourth-order valence-electron chi connectivity index (χ4n) is 4.19. The summed E-state index contributed by atoms with van der Waals surface area (Å²) in [6, 6.07) is 14.7. The van der Waals surface area contributed by atoms with E-state index in [1.54, 1.807) is 31.5 Å². The molecule has 4 rings (SSSR count). The maximum absolute atomic E-state index is 13.7. The standard InChI is InChI=1S/C24H24F3N3O2/c1-32-18-10-5-9-17(13-18)20-15-28-23(29-20)21-11-6-12-30(21)22(31)14-19(24(25,26)27)16-7-3-2-4-8-16/h2-5,7-10,13,15,19,21H,6,11-12,14H2,1H3,(H,28,29)/t19-,21+/m0/s1. The number of ether oxygens (including phenoxy) is 1. The Kier molecular flexibility index (Phi) is 6.21. The number of imidazole rings is 1. The van der Waals surface area contributed by atoms with Crippen molar-refractivity contribution in [3.8, 4) is 17.0 Å². The van der Waals surface area contributed by atoms with Crippen molar-refractivity contribution in [1.82, 2.24) is 14.9 Å². The van der Waals surface area contributed by atoms with E-state index in [4.69, 9.17) is 4.74 Å². The Morgan fingerprint density at radius 1 is 1.22 bits per heavy atom. The van der Waals surface area contributed by atoms with Gasteiger partial charge in [-0.3, -0.25) is 4.79 Å². The molecule has 0 bridgehead atoms. The first-order valence-electron chi connectivity index (χ1n) is 10.5. The molecule has 3 aromatic rings. The van der Waals surface area contributed by atoms with E-state index in [1.807, 2.05) is 24.3 Å². The number of aromatic nitrogens is 2. The van der Waals surface area contributed by atoms with Gasteiger partial charge in [0.05, 0.1) is 31.0 Å². The Bertz CT molecular complexity index is 1070. The highest BCUT2D eigenvalue weighted by Crippen LogP contribution is 2.40. The first-order chi connectivity index (χ1) is 15.4. The Hall–Kier alpha value is -3.29. The summed E-state index contributed by atoms with van der Waals surface area (Å²) in [6.45, 7) is 0.415. The van der Waals surface area contributed by atoms with Crippen LogP contribution in [0.4, 0.5) is 13.2 Å². The van der Waals surface area contributed by atoms with Gasteiger partial charge in [0.2, 0.25) is 5.91 Å². The molecule has 5 nitrogen and oxygen atoms in total. The summed E-state index contributed by atoms with van der Waals surface area (Å²) in [6.07, 6.45) is -2.08. The van der Waals surface area contributed by atoms with Crippen LogP contribution in [0.2, 0.25) is 0 Å². The molecule has 0 unspecified atom stereocenters. The van der Waals surface area contributed by atoms with Crippen molar-refractivity contribution in [2.45, 2.75) is 37.4 Å². The molecular formula is C24H24F3N3O2. The third-order valence-corrected chi connectivity index (χ3v) is 5.84. The van der Waals surface area contributed by atoms with E-state index >= 15 is 0 Å². The van der Waals surface area contributed by atoms with Crippen molar-refractivity contribution in [3.63, 3.8) is 0 Å². The second-order valence-corrected chi connectivity index (χ2v) is 7.87. The maximum Gasteiger partial charge on any atom is 0.396 e. The smallest absolute Gasteiger partial charge is 0.396 e. The third kappa shape index (κ3) is 4.64. The fourth-order valence-corrected chi connectivity index (χ4v) is 4.19. The summed E-state index contributed by atoms with van der Waals surface area (Å²) in [5.41, 5.74) is 1.73. The minimum Gasteiger partial charge on any atom is -0.497 e. The number of nitrogens with one attached hydrogen (secondary N) is 1. The molecule has 32 heavy (non-hydrogen) atoms. The van der Waals surface area contributed by atoms with E-state index in [-0.39, 0.29) is 11.6 Å². The number of amides is 1. The number of nitrogens with zero attached hydrogens (tertiary/aromatic N) is 2. The Balaban J connectivity index is 1.53. The molecular weight excluding hydrogens is 419 g/mol. The number of methoxy groups -OCH3 is 1. The largest absolute Gasteiger partial charge is 0.497 e. The molecule has 2 aromatic carbocycles. The number of hydrogen-bond donors (Lipinski definition) is 1. The van der Waals surface area contributed by atoms with Crippen molar-refractivity contribution in [2.24, 2.45) is 0 Å². The predicted octanol–water partition coefficient (Wildman–Crippen LogP) is 5.49. The molecule has 0 spiro atoms. The van der Waals surface area contributed by atoms with Crippen LogP contribution in [-0.4, -0.2) is 40.6 Å². The number of halogens is 3. The number of rotatable bonds is 6. The van der Waals surface area contributed by atoms with E-state index in [9.17, 15) is 18.0 Å². The molecule has 1 fully saturated rings. The van der Waals surface area contributed by atoms with Crippen molar-refractivity contribution in [3.05, 3.63) is 72.2 Å². The van der Waals surface area contributed by atoms with Gasteiger partial charge in [-0.05, 0) is 30.5 Å². The van der Waals surface area contributed by atoms with Crippen LogP contribution in [-0.2, 0) is 4.79 Å². The first-order valence-corrected chi connectivity index (χ1v) is 10.5. The van der Waals surface area contributed by atoms with Crippen LogP contribution < -0.4 is 4.74 Å². The van der Waals surface area contributed by atoms with Crippen molar-refractivity contribution >= 4 is 5.91 Å². The molecule has 1 aliphatic rings. The Morgan fingerprint density at radius 3 is 2.72 bits per heavy atom. The lowest BCUT2D eigenvalue weighted by Crippen LogP contribution is -2.34. The van der Waals surface area contributed by atoms with Gasteiger partial charge < -0.3 is 14.6 Å². The van der Waals surface area contributed by atoms with Crippen LogP contribution in [0.25, 0.3) is 11.3 Å². The SMILES string of the molecule is COc1cccc(-c2cnc([C@H]3CCCN3C(=O)C[C@@H](c3ccccc3)C(F)(F)F)[nH]2)c1. The van der Waals surface area contributed by atoms with Crippen LogP contribution in [0.3, 0.4) is 0 Å². The molecule has 1 saturated heterocycles. The zero-order valence-electron chi connectivity index (χ0n) is 17.6. The molecule has 2 heterocycles. The van der Waals surface area contributed by atoms with Gasteiger partial charge in [-0.2, -0.15) is 13.2 Å². The van der Waals surface area contributed by atoms with Crippen LogP contribution >= 0.6 is 0 Å². The van der Waals surface area contributed by atoms with Crippen molar-refractivity contribution in [2.75, 3.05) is 13.7 Å². The van der Waals surface area contributed by atoms with Crippen molar-refractivity contribution in [1.29, 1.82) is 0 Å². The molecule has 1 N–H and O–H groups in total. The topological polar surface area (TPSA) is 58.2 Å². The lowest BCUT2D eigenvalue weighted by atomic mass is 9.94. The normalized spacial score (nSPS) is 17.4. The Labute approximate surface area is 184 Å². The third-order valence-electron chi connectivity index (χ3n) is 5.84. The van der Waals surface area contributed by atoms with Gasteiger partial charge in [0, 0.05) is 18.5 Å². The molecule has 8 heteroatoms. The summed E-state index contributed by atoms with van der Waals surface area (Å²) in [5.74, 6) is -1.06. The lowest BCUT2D eigenvalue weighted by Gasteiger charge is -2.27. The second-order valence-electron chi connectivity index (χ2n) is 7.87. The summed E-state index contributed by atoms with van der Waals surface area (Å²) in [7, 11) is 1.59. The average molecular weight is 443 g/mol. The monoisotopic (exact) mass is 443 g/mol. The summed E-state index contributed by atoms with van der Waals surface area (Å²) in [4.78, 5) is 22.2. The predicted molar refractivity (Wildman–Crippen MR) is 114 cm³/mol. The lowest BCUT2D eigenvalue weighted by molar-refractivity contribution is -0.161. The van der Waals surface area contributed by atoms with Crippen LogP contribution in [0.5, 0.6) is 5.75 Å². The zero-order chi connectivity index (χ0) is 22.7. The number of benzene rings is 2. The second kappa shape index (κ2) is 9.06. The van der Waals surface area contributed by atoms with Crippen LogP contribution in [0.1, 0.15) is 42.6 Å². The fraction of sp³-hybridized carbons (Fsp3) is 0.333. The van der Waals surface area contributed by atoms with E-state index in [1.165, 1.54) is 17.0 Å². The summed E-state index contributed by atoms with van der Waals surface area (Å²) >= 11 is 0. The molecule has 1 aromatic heterocycles. The summed E-state index contributed by atoms with van der Waals surface area (Å²) in [5, 5.41) is 0. The molecule has 2 atom stereocenters. The van der Waals surface area contributed by atoms with Gasteiger partial charge in [-0.1, -0.05) is 42.5 Å². The first kappa shape index (κ1) is 21.9. The minimum absolute atomic E-state index is 0.0995. The number of hydrogen-bond acceptors (Lipinski definition) is 3. The van der Waals surface area contributed by atoms with E-state index in [0.717, 1.165) is 11.3 Å². The minimum atomic E-state index is -4.50. The Morgan fingerprint density at radius 2 is 2.00 bits per heavy atom. The van der Waals surface area contributed by atoms with Gasteiger partial charge in [0.1, 0.15) is 11.6 Å². The maximum atomic E-state index is 13.7. The number of aromatic amines is 1. The highest BCUT2D eigenvalue weighted by atomic mass is 19.4. The molecule has 0 saturated carbocycles. The molecule has 0 radical (unpaired) electrons. The van der Waals surface area contributed by atoms with Gasteiger partial charge in [-0.25, -0.2) is 4.98 Å². The van der Waals surface area contributed by atoms with Gasteiger partial charge in [0.15, 0.2) is 0 Å². The number of alkyl halides is 3. The molecule has 1 amide bonds. The van der Waals surface area contributed by atoms with Gasteiger partial charge >= 0.3 is 6.18 Å². The number of carbonyl (C=O) groups excluding carboxylic acids is 1. The van der Waals surface area contributed by atoms with E-state index < -0.39 is 24.4 Å². The van der Waals surface area contributed by atoms with Gasteiger partial charge in [-0.15, -0.1) is 0 Å². The summed E-state index contributed by atoms with van der Waals surface area (Å²) < 4.78 is 46.4. The number of carbonyl (C=O) groups is 1. The van der Waals surface area contributed by atoms with Crippen LogP contribution in [0, 0.1) is 0 Å². The van der Waals surface area contributed by atoms with E-state index in [2.05, 4.69) is 9.97 Å². The highest BCUT2D eigenvalue weighted by molar-refractivity contribution is 5.78. The van der Waals surface area contributed by atoms with Crippen molar-refractivity contribution < 1.29 is 22.7 Å². The number of H-pyrrole nitrogens is 1. The molecule has 168 valence electrons. The van der Waals surface area contributed by atoms with E-state index in [0.29, 0.717) is 31.0 Å². The molecule has 0 aliphatic carbocycles. The zero-order valence-corrected chi connectivity index (χ0v) is 17.6. The molecule has 1 aliphatic heterocycles. The number of likely N-dealkylation sites (tertiary alicyclic amines) is 1. The quantitative estimate of drug-likeness (QED) is 0.549. The highest BCUT2D eigenvalue weighted by Gasteiger charge is 2.44.